The number of benzene rings is 2. The summed E-state index contributed by atoms with van der Waals surface area (Å²) in [6, 6.07) is 13.4. The van der Waals surface area contributed by atoms with Gasteiger partial charge in [-0.05, 0) is 42.8 Å². The quantitative estimate of drug-likeness (QED) is 0.821. The van der Waals surface area contributed by atoms with Crippen LogP contribution >= 0.6 is 11.6 Å². The third-order valence-electron chi connectivity index (χ3n) is 2.63. The van der Waals surface area contributed by atoms with Crippen molar-refractivity contribution in [3.05, 3.63) is 58.6 Å². The summed E-state index contributed by atoms with van der Waals surface area (Å²) in [5.74, 6) is 1.63. The lowest BCUT2D eigenvalue weighted by molar-refractivity contribution is 0.296. The standard InChI is InChI=1S/C15H15ClO2/c1-11-4-3-5-14(8-11)18-10-12-9-13(16)6-7-15(12)17-2/h3-9H,10H2,1-2H3. The maximum absolute atomic E-state index is 5.97. The topological polar surface area (TPSA) is 18.5 Å². The van der Waals surface area contributed by atoms with Gasteiger partial charge in [0.25, 0.3) is 0 Å². The summed E-state index contributed by atoms with van der Waals surface area (Å²) in [7, 11) is 1.64. The third kappa shape index (κ3) is 3.17. The summed E-state index contributed by atoms with van der Waals surface area (Å²) in [5.41, 5.74) is 2.11. The van der Waals surface area contributed by atoms with Gasteiger partial charge < -0.3 is 9.47 Å². The first kappa shape index (κ1) is 12.8. The molecule has 0 amide bonds. The Labute approximate surface area is 112 Å². The number of halogens is 1. The second kappa shape index (κ2) is 5.78. The minimum Gasteiger partial charge on any atom is -0.496 e. The van der Waals surface area contributed by atoms with Gasteiger partial charge in [0, 0.05) is 10.6 Å². The van der Waals surface area contributed by atoms with Gasteiger partial charge in [-0.25, -0.2) is 0 Å². The van der Waals surface area contributed by atoms with Crippen molar-refractivity contribution in [2.45, 2.75) is 13.5 Å². The molecule has 0 aliphatic heterocycles. The summed E-state index contributed by atoms with van der Waals surface area (Å²) in [6.07, 6.45) is 0. The molecule has 0 radical (unpaired) electrons. The summed E-state index contributed by atoms with van der Waals surface area (Å²) >= 11 is 5.97. The average molecular weight is 263 g/mol. The van der Waals surface area contributed by atoms with Crippen LogP contribution in [0.2, 0.25) is 5.02 Å². The molecule has 2 aromatic rings. The van der Waals surface area contributed by atoms with E-state index in [1.54, 1.807) is 13.2 Å². The summed E-state index contributed by atoms with van der Waals surface area (Å²) in [4.78, 5) is 0. The summed E-state index contributed by atoms with van der Waals surface area (Å²) in [5, 5.41) is 0.679. The maximum atomic E-state index is 5.97. The highest BCUT2D eigenvalue weighted by molar-refractivity contribution is 6.30. The molecular weight excluding hydrogens is 248 g/mol. The lowest BCUT2D eigenvalue weighted by Gasteiger charge is -2.11. The van der Waals surface area contributed by atoms with Crippen LogP contribution in [0.5, 0.6) is 11.5 Å². The normalized spacial score (nSPS) is 10.2. The van der Waals surface area contributed by atoms with E-state index < -0.39 is 0 Å². The number of ether oxygens (including phenoxy) is 2. The van der Waals surface area contributed by atoms with E-state index in [0.717, 1.165) is 17.1 Å². The molecular formula is C15H15ClO2. The van der Waals surface area contributed by atoms with E-state index in [1.165, 1.54) is 5.56 Å². The van der Waals surface area contributed by atoms with E-state index in [1.807, 2.05) is 43.3 Å². The van der Waals surface area contributed by atoms with Crippen LogP contribution in [0.15, 0.2) is 42.5 Å². The van der Waals surface area contributed by atoms with Crippen molar-refractivity contribution < 1.29 is 9.47 Å². The highest BCUT2D eigenvalue weighted by Crippen LogP contribution is 2.24. The molecule has 0 saturated carbocycles. The number of rotatable bonds is 4. The van der Waals surface area contributed by atoms with Crippen molar-refractivity contribution in [1.82, 2.24) is 0 Å². The van der Waals surface area contributed by atoms with Crippen LogP contribution in [-0.4, -0.2) is 7.11 Å². The van der Waals surface area contributed by atoms with Gasteiger partial charge in [0.1, 0.15) is 18.1 Å². The molecule has 0 saturated heterocycles. The van der Waals surface area contributed by atoms with Crippen molar-refractivity contribution in [2.24, 2.45) is 0 Å². The molecule has 0 unspecified atom stereocenters. The number of hydrogen-bond acceptors (Lipinski definition) is 2. The molecule has 2 nitrogen and oxygen atoms in total. The van der Waals surface area contributed by atoms with Gasteiger partial charge in [0.2, 0.25) is 0 Å². The van der Waals surface area contributed by atoms with E-state index >= 15 is 0 Å². The molecule has 2 rings (SSSR count). The largest absolute Gasteiger partial charge is 0.496 e. The number of methoxy groups -OCH3 is 1. The van der Waals surface area contributed by atoms with Gasteiger partial charge in [-0.1, -0.05) is 23.7 Å². The van der Waals surface area contributed by atoms with Crippen LogP contribution in [0.4, 0.5) is 0 Å². The van der Waals surface area contributed by atoms with Crippen molar-refractivity contribution >= 4 is 11.6 Å². The van der Waals surface area contributed by atoms with Crippen LogP contribution in [0.1, 0.15) is 11.1 Å². The first-order valence-electron chi connectivity index (χ1n) is 5.71. The van der Waals surface area contributed by atoms with E-state index in [4.69, 9.17) is 21.1 Å². The second-order valence-corrected chi connectivity index (χ2v) is 4.50. The smallest absolute Gasteiger partial charge is 0.125 e. The van der Waals surface area contributed by atoms with Crippen molar-refractivity contribution in [2.75, 3.05) is 7.11 Å². The third-order valence-corrected chi connectivity index (χ3v) is 2.86. The molecule has 2 aromatic carbocycles. The Morgan fingerprint density at radius 3 is 2.67 bits per heavy atom. The van der Waals surface area contributed by atoms with Gasteiger partial charge in [-0.3, -0.25) is 0 Å². The van der Waals surface area contributed by atoms with Gasteiger partial charge in [-0.2, -0.15) is 0 Å². The average Bonchev–Trinajstić information content (AvgIpc) is 2.37. The fourth-order valence-corrected chi connectivity index (χ4v) is 1.92. The minimum atomic E-state index is 0.438. The molecule has 3 heteroatoms. The number of hydrogen-bond donors (Lipinski definition) is 0. The Bertz CT molecular complexity index is 538. The molecule has 0 heterocycles. The first-order chi connectivity index (χ1) is 8.69. The molecule has 0 bridgehead atoms. The lowest BCUT2D eigenvalue weighted by Crippen LogP contribution is -1.98. The van der Waals surface area contributed by atoms with Crippen LogP contribution in [0.3, 0.4) is 0 Å². The van der Waals surface area contributed by atoms with Crippen LogP contribution < -0.4 is 9.47 Å². The van der Waals surface area contributed by atoms with Crippen LogP contribution in [0.25, 0.3) is 0 Å². The lowest BCUT2D eigenvalue weighted by atomic mass is 10.2. The Kier molecular flexibility index (Phi) is 4.11. The van der Waals surface area contributed by atoms with Gasteiger partial charge >= 0.3 is 0 Å². The predicted octanol–water partition coefficient (Wildman–Crippen LogP) is 4.24. The minimum absolute atomic E-state index is 0.438. The molecule has 0 N–H and O–H groups in total. The zero-order valence-electron chi connectivity index (χ0n) is 10.4. The van der Waals surface area contributed by atoms with Crippen molar-refractivity contribution in [3.8, 4) is 11.5 Å². The maximum Gasteiger partial charge on any atom is 0.125 e. The molecule has 0 fully saturated rings. The van der Waals surface area contributed by atoms with E-state index in [9.17, 15) is 0 Å². The molecule has 0 aliphatic carbocycles. The predicted molar refractivity (Wildman–Crippen MR) is 73.5 cm³/mol. The Morgan fingerprint density at radius 2 is 1.94 bits per heavy atom. The monoisotopic (exact) mass is 262 g/mol. The Morgan fingerprint density at radius 1 is 1.11 bits per heavy atom. The fraction of sp³-hybridized carbons (Fsp3) is 0.200. The zero-order chi connectivity index (χ0) is 13.0. The fourth-order valence-electron chi connectivity index (χ4n) is 1.73. The van der Waals surface area contributed by atoms with Crippen LogP contribution in [-0.2, 0) is 6.61 Å². The molecule has 0 atom stereocenters. The highest BCUT2D eigenvalue weighted by Gasteiger charge is 2.05. The molecule has 0 aromatic heterocycles. The van der Waals surface area contributed by atoms with E-state index in [-0.39, 0.29) is 0 Å². The van der Waals surface area contributed by atoms with E-state index in [0.29, 0.717) is 11.6 Å². The van der Waals surface area contributed by atoms with Gasteiger partial charge in [0.05, 0.1) is 7.11 Å². The molecule has 0 spiro atoms. The van der Waals surface area contributed by atoms with Gasteiger partial charge in [0.15, 0.2) is 0 Å². The number of aryl methyl sites for hydroxylation is 1. The molecule has 0 aliphatic rings. The SMILES string of the molecule is COc1ccc(Cl)cc1COc1cccc(C)c1. The van der Waals surface area contributed by atoms with Gasteiger partial charge in [-0.15, -0.1) is 0 Å². The van der Waals surface area contributed by atoms with Crippen molar-refractivity contribution in [1.29, 1.82) is 0 Å². The van der Waals surface area contributed by atoms with Crippen LogP contribution in [0, 0.1) is 6.92 Å². The second-order valence-electron chi connectivity index (χ2n) is 4.06. The first-order valence-corrected chi connectivity index (χ1v) is 6.09. The zero-order valence-corrected chi connectivity index (χ0v) is 11.2. The highest BCUT2D eigenvalue weighted by atomic mass is 35.5. The van der Waals surface area contributed by atoms with Crippen molar-refractivity contribution in [3.63, 3.8) is 0 Å². The molecule has 94 valence electrons. The molecule has 18 heavy (non-hydrogen) atoms. The summed E-state index contributed by atoms with van der Waals surface area (Å²) in [6.45, 7) is 2.47. The summed E-state index contributed by atoms with van der Waals surface area (Å²) < 4.78 is 11.0. The Balaban J connectivity index is 2.12. The van der Waals surface area contributed by atoms with E-state index in [2.05, 4.69) is 0 Å². The Hall–Kier alpha value is -1.67.